The normalized spacial score (nSPS) is 22.8. The first kappa shape index (κ1) is 12.0. The van der Waals surface area contributed by atoms with E-state index in [0.717, 1.165) is 13.0 Å². The number of nitrogen functional groups attached to an aromatic ring is 1. The highest BCUT2D eigenvalue weighted by Gasteiger charge is 2.30. The summed E-state index contributed by atoms with van der Waals surface area (Å²) in [5.74, 6) is 0.468. The number of aromatic nitrogens is 2. The van der Waals surface area contributed by atoms with Crippen LogP contribution in [0.2, 0.25) is 0 Å². The van der Waals surface area contributed by atoms with E-state index in [9.17, 15) is 4.79 Å². The van der Waals surface area contributed by atoms with Crippen molar-refractivity contribution in [3.05, 3.63) is 28.6 Å². The number of fused-ring (bicyclic) bond motifs is 1. The van der Waals surface area contributed by atoms with Crippen molar-refractivity contribution < 1.29 is 4.74 Å². The number of ether oxygens (including phenoxy) is 1. The maximum absolute atomic E-state index is 12.0. The Kier molecular flexibility index (Phi) is 2.67. The number of nitrogens with zero attached hydrogens (tertiary/aromatic N) is 1. The first-order valence-corrected chi connectivity index (χ1v) is 6.21. The second-order valence-corrected chi connectivity index (χ2v) is 5.18. The van der Waals surface area contributed by atoms with Gasteiger partial charge in [-0.15, -0.1) is 0 Å². The molecule has 1 aromatic carbocycles. The molecular weight excluding hydrogens is 244 g/mol. The number of rotatable bonds is 2. The number of benzene rings is 1. The van der Waals surface area contributed by atoms with Crippen LogP contribution in [0.15, 0.2) is 23.0 Å². The minimum atomic E-state index is -0.192. The van der Waals surface area contributed by atoms with Gasteiger partial charge in [0.1, 0.15) is 0 Å². The van der Waals surface area contributed by atoms with Gasteiger partial charge in [-0.25, -0.2) is 4.98 Å². The summed E-state index contributed by atoms with van der Waals surface area (Å²) in [6.45, 7) is 3.38. The molecule has 19 heavy (non-hydrogen) atoms. The van der Waals surface area contributed by atoms with Gasteiger partial charge in [0.05, 0.1) is 23.0 Å². The molecule has 0 spiro atoms. The van der Waals surface area contributed by atoms with Gasteiger partial charge < -0.3 is 15.8 Å². The van der Waals surface area contributed by atoms with E-state index in [1.165, 1.54) is 0 Å². The molecule has 2 aromatic rings. The highest BCUT2D eigenvalue weighted by Crippen LogP contribution is 2.22. The molecule has 1 aliphatic heterocycles. The predicted molar refractivity (Wildman–Crippen MR) is 74.2 cm³/mol. The molecule has 1 saturated heterocycles. The van der Waals surface area contributed by atoms with Crippen molar-refractivity contribution in [3.8, 4) is 0 Å². The molecule has 1 unspecified atom stereocenters. The standard InChI is InChI=1S/C13H16N4O2/c1-13(4-5-19-7-13)17-12-15-10-3-2-8(14)6-9(10)11(18)16-12/h2-3,6H,4-5,7,14H2,1H3,(H2,15,16,17,18). The molecule has 0 amide bonds. The van der Waals surface area contributed by atoms with E-state index >= 15 is 0 Å². The van der Waals surface area contributed by atoms with Crippen LogP contribution in [0.4, 0.5) is 11.6 Å². The third kappa shape index (κ3) is 2.26. The second kappa shape index (κ2) is 4.24. The van der Waals surface area contributed by atoms with Gasteiger partial charge in [0.2, 0.25) is 5.95 Å². The summed E-state index contributed by atoms with van der Waals surface area (Å²) in [7, 11) is 0. The van der Waals surface area contributed by atoms with E-state index in [2.05, 4.69) is 15.3 Å². The molecule has 0 radical (unpaired) electrons. The van der Waals surface area contributed by atoms with Crippen molar-refractivity contribution >= 4 is 22.5 Å². The van der Waals surface area contributed by atoms with Gasteiger partial charge in [0.15, 0.2) is 0 Å². The van der Waals surface area contributed by atoms with E-state index in [-0.39, 0.29) is 11.1 Å². The van der Waals surface area contributed by atoms with Crippen LogP contribution < -0.4 is 16.6 Å². The van der Waals surface area contributed by atoms with Crippen molar-refractivity contribution in [3.63, 3.8) is 0 Å². The third-order valence-corrected chi connectivity index (χ3v) is 3.37. The van der Waals surface area contributed by atoms with Crippen LogP contribution in [-0.2, 0) is 4.74 Å². The lowest BCUT2D eigenvalue weighted by Crippen LogP contribution is -2.36. The number of aromatic amines is 1. The molecule has 1 fully saturated rings. The summed E-state index contributed by atoms with van der Waals surface area (Å²) in [5.41, 5.74) is 6.48. The first-order valence-electron chi connectivity index (χ1n) is 6.21. The fourth-order valence-corrected chi connectivity index (χ4v) is 2.27. The summed E-state index contributed by atoms with van der Waals surface area (Å²) >= 11 is 0. The van der Waals surface area contributed by atoms with Crippen molar-refractivity contribution in [2.75, 3.05) is 24.3 Å². The zero-order chi connectivity index (χ0) is 13.5. The van der Waals surface area contributed by atoms with E-state index in [1.54, 1.807) is 18.2 Å². The smallest absolute Gasteiger partial charge is 0.260 e. The van der Waals surface area contributed by atoms with Crippen LogP contribution in [0.25, 0.3) is 10.9 Å². The molecule has 0 bridgehead atoms. The van der Waals surface area contributed by atoms with Crippen LogP contribution in [0, 0.1) is 0 Å². The highest BCUT2D eigenvalue weighted by atomic mass is 16.5. The number of H-pyrrole nitrogens is 1. The van der Waals surface area contributed by atoms with Crippen molar-refractivity contribution in [2.24, 2.45) is 0 Å². The molecule has 0 aliphatic carbocycles. The molecule has 6 heteroatoms. The van der Waals surface area contributed by atoms with E-state index < -0.39 is 0 Å². The van der Waals surface area contributed by atoms with Gasteiger partial charge in [0.25, 0.3) is 5.56 Å². The molecule has 3 rings (SSSR count). The second-order valence-electron chi connectivity index (χ2n) is 5.18. The SMILES string of the molecule is CC1(Nc2nc3ccc(N)cc3c(=O)[nH]2)CCOC1. The van der Waals surface area contributed by atoms with Crippen LogP contribution in [0.3, 0.4) is 0 Å². The van der Waals surface area contributed by atoms with Crippen molar-refractivity contribution in [1.82, 2.24) is 9.97 Å². The van der Waals surface area contributed by atoms with Crippen LogP contribution in [0.1, 0.15) is 13.3 Å². The topological polar surface area (TPSA) is 93.0 Å². The predicted octanol–water partition coefficient (Wildman–Crippen LogP) is 1.10. The number of nitrogens with one attached hydrogen (secondary N) is 2. The Morgan fingerprint density at radius 3 is 3.11 bits per heavy atom. The highest BCUT2D eigenvalue weighted by molar-refractivity contribution is 5.81. The molecule has 1 atom stereocenters. The molecule has 2 heterocycles. The quantitative estimate of drug-likeness (QED) is 0.703. The van der Waals surface area contributed by atoms with Crippen LogP contribution in [-0.4, -0.2) is 28.7 Å². The summed E-state index contributed by atoms with van der Waals surface area (Å²) in [6, 6.07) is 5.11. The van der Waals surface area contributed by atoms with Gasteiger partial charge in [-0.2, -0.15) is 0 Å². The van der Waals surface area contributed by atoms with Gasteiger partial charge in [-0.05, 0) is 31.5 Å². The number of anilines is 2. The van der Waals surface area contributed by atoms with Gasteiger partial charge in [-0.3, -0.25) is 9.78 Å². The molecule has 4 N–H and O–H groups in total. The van der Waals surface area contributed by atoms with Crippen molar-refractivity contribution in [1.29, 1.82) is 0 Å². The van der Waals surface area contributed by atoms with Crippen molar-refractivity contribution in [2.45, 2.75) is 18.9 Å². The van der Waals surface area contributed by atoms with Crippen LogP contribution >= 0.6 is 0 Å². The van der Waals surface area contributed by atoms with Crippen LogP contribution in [0.5, 0.6) is 0 Å². The average Bonchev–Trinajstić information content (AvgIpc) is 2.77. The fourth-order valence-electron chi connectivity index (χ4n) is 2.27. The van der Waals surface area contributed by atoms with Gasteiger partial charge >= 0.3 is 0 Å². The average molecular weight is 260 g/mol. The fraction of sp³-hybridized carbons (Fsp3) is 0.385. The Hall–Kier alpha value is -2.08. The summed E-state index contributed by atoms with van der Waals surface area (Å²) in [6.07, 6.45) is 0.885. The van der Waals surface area contributed by atoms with Gasteiger partial charge in [0, 0.05) is 12.3 Å². The summed E-state index contributed by atoms with van der Waals surface area (Å²) in [5, 5.41) is 3.74. The third-order valence-electron chi connectivity index (χ3n) is 3.37. The molecule has 6 nitrogen and oxygen atoms in total. The Balaban J connectivity index is 2.01. The number of nitrogens with two attached hydrogens (primary N) is 1. The molecule has 0 saturated carbocycles. The summed E-state index contributed by atoms with van der Waals surface area (Å²) in [4.78, 5) is 19.2. The van der Waals surface area contributed by atoms with Gasteiger partial charge in [-0.1, -0.05) is 0 Å². The minimum Gasteiger partial charge on any atom is -0.399 e. The zero-order valence-corrected chi connectivity index (χ0v) is 10.7. The Labute approximate surface area is 110 Å². The Bertz CT molecular complexity index is 674. The first-order chi connectivity index (χ1) is 9.06. The minimum absolute atomic E-state index is 0.183. The lowest BCUT2D eigenvalue weighted by atomic mass is 10.0. The lowest BCUT2D eigenvalue weighted by molar-refractivity contribution is 0.185. The molecule has 100 valence electrons. The molecular formula is C13H16N4O2. The number of hydrogen-bond acceptors (Lipinski definition) is 5. The van der Waals surface area contributed by atoms with E-state index in [4.69, 9.17) is 10.5 Å². The monoisotopic (exact) mass is 260 g/mol. The zero-order valence-electron chi connectivity index (χ0n) is 10.7. The maximum atomic E-state index is 12.0. The molecule has 1 aromatic heterocycles. The maximum Gasteiger partial charge on any atom is 0.260 e. The Morgan fingerprint density at radius 1 is 1.53 bits per heavy atom. The number of hydrogen-bond donors (Lipinski definition) is 3. The molecule has 1 aliphatic rings. The van der Waals surface area contributed by atoms with E-state index in [1.807, 2.05) is 6.92 Å². The Morgan fingerprint density at radius 2 is 2.37 bits per heavy atom. The lowest BCUT2D eigenvalue weighted by Gasteiger charge is -2.23. The van der Waals surface area contributed by atoms with E-state index in [0.29, 0.717) is 29.1 Å². The summed E-state index contributed by atoms with van der Waals surface area (Å²) < 4.78 is 5.37. The largest absolute Gasteiger partial charge is 0.399 e.